The lowest BCUT2D eigenvalue weighted by Gasteiger charge is -2.06. The van der Waals surface area contributed by atoms with E-state index >= 15 is 0 Å². The number of benzene rings is 1. The third-order valence-electron chi connectivity index (χ3n) is 2.66. The van der Waals surface area contributed by atoms with E-state index in [9.17, 15) is 4.79 Å². The van der Waals surface area contributed by atoms with Crippen molar-refractivity contribution in [3.05, 3.63) is 29.6 Å². The predicted molar refractivity (Wildman–Crippen MR) is 99.7 cm³/mol. The monoisotopic (exact) mass is 399 g/mol. The SMILES string of the molecule is Br.CCOC(=O)Nc1cccc(-c2csc(NC(N)=NC)n2)c1. The van der Waals surface area contributed by atoms with Crippen molar-refractivity contribution in [2.24, 2.45) is 10.7 Å². The van der Waals surface area contributed by atoms with Crippen LogP contribution in [0.3, 0.4) is 0 Å². The Morgan fingerprint density at radius 3 is 2.91 bits per heavy atom. The van der Waals surface area contributed by atoms with Crippen LogP contribution in [0.4, 0.5) is 15.6 Å². The smallest absolute Gasteiger partial charge is 0.411 e. The van der Waals surface area contributed by atoms with Gasteiger partial charge in [0.05, 0.1) is 12.3 Å². The summed E-state index contributed by atoms with van der Waals surface area (Å²) in [6, 6.07) is 7.36. The summed E-state index contributed by atoms with van der Waals surface area (Å²) in [5, 5.41) is 8.10. The van der Waals surface area contributed by atoms with Gasteiger partial charge in [0.1, 0.15) is 0 Å². The maximum Gasteiger partial charge on any atom is 0.411 e. The van der Waals surface area contributed by atoms with Gasteiger partial charge in [0.2, 0.25) is 0 Å². The summed E-state index contributed by atoms with van der Waals surface area (Å²) in [7, 11) is 1.60. The second kappa shape index (κ2) is 9.11. The van der Waals surface area contributed by atoms with Crippen molar-refractivity contribution in [2.75, 3.05) is 24.3 Å². The number of amides is 1. The molecule has 124 valence electrons. The molecule has 0 spiro atoms. The maximum atomic E-state index is 11.4. The fourth-order valence-electron chi connectivity index (χ4n) is 1.67. The van der Waals surface area contributed by atoms with E-state index in [4.69, 9.17) is 10.5 Å². The molecule has 0 unspecified atom stereocenters. The minimum Gasteiger partial charge on any atom is -0.450 e. The predicted octanol–water partition coefficient (Wildman–Crippen LogP) is 3.31. The van der Waals surface area contributed by atoms with E-state index in [2.05, 4.69) is 20.6 Å². The highest BCUT2D eigenvalue weighted by Gasteiger charge is 2.07. The van der Waals surface area contributed by atoms with Gasteiger partial charge in [0.25, 0.3) is 0 Å². The van der Waals surface area contributed by atoms with E-state index in [0.717, 1.165) is 11.3 Å². The van der Waals surface area contributed by atoms with Crippen LogP contribution in [0, 0.1) is 0 Å². The molecule has 2 rings (SSSR count). The van der Waals surface area contributed by atoms with Crippen molar-refractivity contribution in [2.45, 2.75) is 6.92 Å². The molecule has 0 aliphatic heterocycles. The zero-order chi connectivity index (χ0) is 15.9. The minimum atomic E-state index is -0.479. The van der Waals surface area contributed by atoms with E-state index in [1.807, 2.05) is 23.6 Å². The Hall–Kier alpha value is -2.13. The first-order chi connectivity index (χ1) is 10.6. The fraction of sp³-hybridized carbons (Fsp3) is 0.214. The molecular formula is C14H18BrN5O2S. The quantitative estimate of drug-likeness (QED) is 0.540. The number of nitrogens with zero attached hydrogens (tertiary/aromatic N) is 2. The number of anilines is 2. The Kier molecular flexibility index (Phi) is 7.49. The van der Waals surface area contributed by atoms with Crippen molar-refractivity contribution in [3.63, 3.8) is 0 Å². The summed E-state index contributed by atoms with van der Waals surface area (Å²) in [5.74, 6) is 0.304. The third kappa shape index (κ3) is 5.53. The van der Waals surface area contributed by atoms with E-state index < -0.39 is 6.09 Å². The summed E-state index contributed by atoms with van der Waals surface area (Å²) in [6.07, 6.45) is -0.479. The molecule has 0 bridgehead atoms. The molecule has 23 heavy (non-hydrogen) atoms. The van der Waals surface area contributed by atoms with Gasteiger partial charge in [-0.3, -0.25) is 10.3 Å². The molecule has 0 saturated carbocycles. The highest BCUT2D eigenvalue weighted by Crippen LogP contribution is 2.26. The molecular weight excluding hydrogens is 382 g/mol. The number of carbonyl (C=O) groups excluding carboxylic acids is 1. The lowest BCUT2D eigenvalue weighted by molar-refractivity contribution is 0.168. The number of nitrogens with two attached hydrogens (primary N) is 1. The van der Waals surface area contributed by atoms with Crippen molar-refractivity contribution in [1.82, 2.24) is 4.98 Å². The van der Waals surface area contributed by atoms with Gasteiger partial charge in [-0.05, 0) is 19.1 Å². The van der Waals surface area contributed by atoms with Gasteiger partial charge in [0.15, 0.2) is 11.1 Å². The number of carbonyl (C=O) groups is 1. The van der Waals surface area contributed by atoms with Crippen LogP contribution in [0.15, 0.2) is 34.6 Å². The Morgan fingerprint density at radius 1 is 1.43 bits per heavy atom. The Balaban J connectivity index is 0.00000264. The van der Waals surface area contributed by atoms with Crippen LogP contribution in [0.25, 0.3) is 11.3 Å². The maximum absolute atomic E-state index is 11.4. The summed E-state index contributed by atoms with van der Waals surface area (Å²) in [4.78, 5) is 19.7. The second-order valence-corrected chi connectivity index (χ2v) is 5.06. The molecule has 7 nitrogen and oxygen atoms in total. The molecule has 1 aromatic heterocycles. The highest BCUT2D eigenvalue weighted by molar-refractivity contribution is 8.93. The van der Waals surface area contributed by atoms with Crippen LogP contribution in [-0.4, -0.2) is 30.7 Å². The van der Waals surface area contributed by atoms with Gasteiger partial charge in [-0.15, -0.1) is 28.3 Å². The normalized spacial score (nSPS) is 10.6. The average Bonchev–Trinajstić information content (AvgIpc) is 2.96. The average molecular weight is 400 g/mol. The molecule has 9 heteroatoms. The molecule has 2 aromatic rings. The molecule has 0 fully saturated rings. The van der Waals surface area contributed by atoms with Crippen LogP contribution >= 0.6 is 28.3 Å². The van der Waals surface area contributed by atoms with Crippen LogP contribution in [0.5, 0.6) is 0 Å². The second-order valence-electron chi connectivity index (χ2n) is 4.20. The van der Waals surface area contributed by atoms with Crippen molar-refractivity contribution in [3.8, 4) is 11.3 Å². The third-order valence-corrected chi connectivity index (χ3v) is 3.42. The summed E-state index contributed by atoms with van der Waals surface area (Å²) >= 11 is 1.42. The fourth-order valence-corrected chi connectivity index (χ4v) is 2.40. The van der Waals surface area contributed by atoms with E-state index in [1.54, 1.807) is 20.0 Å². The lowest BCUT2D eigenvalue weighted by Crippen LogP contribution is -2.21. The zero-order valence-corrected chi connectivity index (χ0v) is 15.2. The number of nitrogens with one attached hydrogen (secondary N) is 2. The molecule has 0 atom stereocenters. The molecule has 0 aliphatic carbocycles. The first kappa shape index (κ1) is 18.9. The number of halogens is 1. The first-order valence-electron chi connectivity index (χ1n) is 6.61. The van der Waals surface area contributed by atoms with Gasteiger partial charge in [-0.25, -0.2) is 9.78 Å². The summed E-state index contributed by atoms with van der Waals surface area (Å²) in [6.45, 7) is 2.08. The zero-order valence-electron chi connectivity index (χ0n) is 12.7. The van der Waals surface area contributed by atoms with Crippen LogP contribution in [0.2, 0.25) is 0 Å². The van der Waals surface area contributed by atoms with Gasteiger partial charge < -0.3 is 15.8 Å². The van der Waals surface area contributed by atoms with Crippen molar-refractivity contribution in [1.29, 1.82) is 0 Å². The number of guanidine groups is 1. The number of rotatable bonds is 4. The lowest BCUT2D eigenvalue weighted by atomic mass is 10.1. The number of hydrogen-bond acceptors (Lipinski definition) is 5. The standard InChI is InChI=1S/C14H17N5O2S.BrH/c1-3-21-14(20)17-10-6-4-5-9(7-10)11-8-22-13(18-11)19-12(15)16-2;/h4-8H,3H2,1-2H3,(H,17,20)(H3,15,16,18,19);1H. The van der Waals surface area contributed by atoms with E-state index in [0.29, 0.717) is 23.4 Å². The Bertz CT molecular complexity index is 689. The minimum absolute atomic E-state index is 0. The molecule has 1 aromatic carbocycles. The summed E-state index contributed by atoms with van der Waals surface area (Å²) < 4.78 is 4.85. The van der Waals surface area contributed by atoms with Gasteiger partial charge in [-0.1, -0.05) is 12.1 Å². The van der Waals surface area contributed by atoms with Crippen molar-refractivity contribution < 1.29 is 9.53 Å². The Morgan fingerprint density at radius 2 is 2.22 bits per heavy atom. The van der Waals surface area contributed by atoms with Crippen LogP contribution in [-0.2, 0) is 4.74 Å². The Labute approximate surface area is 148 Å². The number of ether oxygens (including phenoxy) is 1. The van der Waals surface area contributed by atoms with Gasteiger partial charge >= 0.3 is 6.09 Å². The molecule has 4 N–H and O–H groups in total. The van der Waals surface area contributed by atoms with E-state index in [-0.39, 0.29) is 17.0 Å². The number of aliphatic imine (C=N–C) groups is 1. The largest absolute Gasteiger partial charge is 0.450 e. The molecule has 0 radical (unpaired) electrons. The molecule has 0 aliphatic rings. The number of thiazole rings is 1. The number of hydrogen-bond donors (Lipinski definition) is 3. The number of aromatic nitrogens is 1. The summed E-state index contributed by atoms with van der Waals surface area (Å²) in [5.41, 5.74) is 7.91. The van der Waals surface area contributed by atoms with E-state index in [1.165, 1.54) is 11.3 Å². The molecule has 0 saturated heterocycles. The van der Waals surface area contributed by atoms with Gasteiger partial charge in [-0.2, -0.15) is 0 Å². The van der Waals surface area contributed by atoms with Crippen LogP contribution < -0.4 is 16.4 Å². The van der Waals surface area contributed by atoms with Crippen LogP contribution in [0.1, 0.15) is 6.92 Å². The van der Waals surface area contributed by atoms with Crippen molar-refractivity contribution >= 4 is 51.2 Å². The molecule has 1 heterocycles. The highest BCUT2D eigenvalue weighted by atomic mass is 79.9. The van der Waals surface area contributed by atoms with Gasteiger partial charge in [0, 0.05) is 23.7 Å². The first-order valence-corrected chi connectivity index (χ1v) is 7.49. The topological polar surface area (TPSA) is 102 Å². The molecule has 1 amide bonds.